The zero-order valence-electron chi connectivity index (χ0n) is 12.8. The van der Waals surface area contributed by atoms with Gasteiger partial charge in [-0.05, 0) is 35.9 Å². The summed E-state index contributed by atoms with van der Waals surface area (Å²) in [4.78, 5) is 8.36. The van der Waals surface area contributed by atoms with Crippen LogP contribution in [0.3, 0.4) is 0 Å². The minimum atomic E-state index is 0.187. The van der Waals surface area contributed by atoms with Crippen LogP contribution in [0.25, 0.3) is 0 Å². The molecule has 0 spiro atoms. The molecule has 1 N–H and O–H groups in total. The first kappa shape index (κ1) is 17.8. The Hall–Kier alpha value is -2.02. The molecule has 25 heavy (non-hydrogen) atoms. The van der Waals surface area contributed by atoms with Crippen LogP contribution < -0.4 is 5.32 Å². The molecule has 8 heteroatoms. The maximum Gasteiger partial charge on any atom is 0.271 e. The van der Waals surface area contributed by atoms with Gasteiger partial charge in [0.15, 0.2) is 0 Å². The van der Waals surface area contributed by atoms with Crippen molar-refractivity contribution in [1.82, 2.24) is 9.97 Å². The molecule has 3 rings (SSSR count). The van der Waals surface area contributed by atoms with Gasteiger partial charge in [-0.1, -0.05) is 57.3 Å². The summed E-state index contributed by atoms with van der Waals surface area (Å²) in [5.74, 6) is 0.724. The van der Waals surface area contributed by atoms with Crippen molar-refractivity contribution in [2.24, 2.45) is 10.2 Å². The van der Waals surface area contributed by atoms with Gasteiger partial charge >= 0.3 is 0 Å². The number of anilines is 2. The van der Waals surface area contributed by atoms with Gasteiger partial charge in [0.05, 0.1) is 6.54 Å². The quantitative estimate of drug-likeness (QED) is 0.363. The number of rotatable bonds is 5. The zero-order valence-corrected chi connectivity index (χ0v) is 15.9. The van der Waals surface area contributed by atoms with Crippen LogP contribution in [0.2, 0.25) is 10.2 Å². The maximum absolute atomic E-state index is 6.04. The Balaban J connectivity index is 1.73. The number of benzene rings is 2. The first-order valence-corrected chi connectivity index (χ1v) is 8.82. The summed E-state index contributed by atoms with van der Waals surface area (Å²) in [6.45, 7) is 0.380. The first-order valence-electron chi connectivity index (χ1n) is 7.27. The Morgan fingerprint density at radius 3 is 2.64 bits per heavy atom. The van der Waals surface area contributed by atoms with Gasteiger partial charge in [-0.15, -0.1) is 5.11 Å². The van der Waals surface area contributed by atoms with Crippen LogP contribution in [-0.2, 0) is 6.54 Å². The highest BCUT2D eigenvalue weighted by Crippen LogP contribution is 2.23. The minimum Gasteiger partial charge on any atom is -0.340 e. The third-order valence-corrected chi connectivity index (χ3v) is 4.00. The van der Waals surface area contributed by atoms with Crippen LogP contribution in [0.4, 0.5) is 17.5 Å². The van der Waals surface area contributed by atoms with Crippen molar-refractivity contribution in [3.05, 3.63) is 74.8 Å². The monoisotopic (exact) mass is 435 g/mol. The molecule has 0 aliphatic heterocycles. The number of nitrogens with zero attached hydrogens (tertiary/aromatic N) is 4. The van der Waals surface area contributed by atoms with Gasteiger partial charge in [0, 0.05) is 21.2 Å². The Bertz CT molecular complexity index is 917. The standard InChI is InChI=1S/C17H12BrCl2N5/c18-12-4-2-6-14(8-12)22-16-9-15(20)23-17(24-16)25-21-10-11-3-1-5-13(19)7-11/h1-9H,10H2,(H,22,23,24). The lowest BCUT2D eigenvalue weighted by atomic mass is 10.2. The van der Waals surface area contributed by atoms with E-state index in [4.69, 9.17) is 23.2 Å². The molecule has 0 radical (unpaired) electrons. The van der Waals surface area contributed by atoms with Gasteiger partial charge in [0.1, 0.15) is 11.0 Å². The number of nitrogens with one attached hydrogen (secondary N) is 1. The summed E-state index contributed by atoms with van der Waals surface area (Å²) in [5, 5.41) is 12.2. The predicted molar refractivity (Wildman–Crippen MR) is 104 cm³/mol. The SMILES string of the molecule is Clc1cccc(CN=Nc2nc(Cl)cc(Nc3cccc(Br)c3)n2)c1. The summed E-state index contributed by atoms with van der Waals surface area (Å²) < 4.78 is 0.957. The average molecular weight is 437 g/mol. The molecule has 0 aliphatic carbocycles. The van der Waals surface area contributed by atoms with E-state index in [1.54, 1.807) is 6.07 Å². The lowest BCUT2D eigenvalue weighted by molar-refractivity contribution is 0.927. The summed E-state index contributed by atoms with van der Waals surface area (Å²) >= 11 is 15.4. The van der Waals surface area contributed by atoms with Crippen molar-refractivity contribution in [3.8, 4) is 0 Å². The molecule has 0 bridgehead atoms. The second kappa shape index (κ2) is 8.38. The molecule has 0 fully saturated rings. The molecule has 1 heterocycles. The van der Waals surface area contributed by atoms with Crippen LogP contribution in [-0.4, -0.2) is 9.97 Å². The third kappa shape index (κ3) is 5.49. The van der Waals surface area contributed by atoms with Crippen molar-refractivity contribution in [2.75, 3.05) is 5.32 Å². The molecule has 1 aromatic heterocycles. The van der Waals surface area contributed by atoms with E-state index in [0.29, 0.717) is 17.4 Å². The molecule has 0 saturated heterocycles. The largest absolute Gasteiger partial charge is 0.340 e. The summed E-state index contributed by atoms with van der Waals surface area (Å²) in [6, 6.07) is 16.7. The van der Waals surface area contributed by atoms with E-state index in [-0.39, 0.29) is 11.1 Å². The molecular formula is C17H12BrCl2N5. The van der Waals surface area contributed by atoms with Gasteiger partial charge in [-0.3, -0.25) is 0 Å². The second-order valence-corrected chi connectivity index (χ2v) is 6.78. The molecule has 0 unspecified atom stereocenters. The fraction of sp³-hybridized carbons (Fsp3) is 0.0588. The van der Waals surface area contributed by atoms with Crippen LogP contribution in [0.5, 0.6) is 0 Å². The number of azo groups is 1. The Labute approximate surface area is 163 Å². The lowest BCUT2D eigenvalue weighted by Crippen LogP contribution is -1.95. The fourth-order valence-electron chi connectivity index (χ4n) is 2.04. The smallest absolute Gasteiger partial charge is 0.271 e. The lowest BCUT2D eigenvalue weighted by Gasteiger charge is -2.06. The van der Waals surface area contributed by atoms with E-state index >= 15 is 0 Å². The topological polar surface area (TPSA) is 62.5 Å². The highest BCUT2D eigenvalue weighted by molar-refractivity contribution is 9.10. The molecule has 0 aliphatic rings. The van der Waals surface area contributed by atoms with E-state index in [2.05, 4.69) is 41.4 Å². The van der Waals surface area contributed by atoms with Crippen molar-refractivity contribution < 1.29 is 0 Å². The molecule has 3 aromatic rings. The van der Waals surface area contributed by atoms with Crippen molar-refractivity contribution in [2.45, 2.75) is 6.54 Å². The number of hydrogen-bond acceptors (Lipinski definition) is 5. The molecule has 0 saturated carbocycles. The van der Waals surface area contributed by atoms with Gasteiger partial charge < -0.3 is 5.32 Å². The first-order chi connectivity index (χ1) is 12.1. The van der Waals surface area contributed by atoms with Crippen molar-refractivity contribution >= 4 is 56.6 Å². The molecule has 2 aromatic carbocycles. The van der Waals surface area contributed by atoms with Gasteiger partial charge in [-0.25, -0.2) is 0 Å². The van der Waals surface area contributed by atoms with Crippen molar-refractivity contribution in [1.29, 1.82) is 0 Å². The Kier molecular flexibility index (Phi) is 5.96. The van der Waals surface area contributed by atoms with Gasteiger partial charge in [0.2, 0.25) is 0 Å². The van der Waals surface area contributed by atoms with Crippen LogP contribution in [0.15, 0.2) is 69.3 Å². The Morgan fingerprint density at radius 1 is 1.00 bits per heavy atom. The van der Waals surface area contributed by atoms with E-state index < -0.39 is 0 Å². The normalized spacial score (nSPS) is 11.0. The number of hydrogen-bond donors (Lipinski definition) is 1. The van der Waals surface area contributed by atoms with E-state index in [9.17, 15) is 0 Å². The second-order valence-electron chi connectivity index (χ2n) is 5.04. The third-order valence-electron chi connectivity index (χ3n) is 3.08. The van der Waals surface area contributed by atoms with E-state index in [1.165, 1.54) is 0 Å². The zero-order chi connectivity index (χ0) is 17.6. The van der Waals surface area contributed by atoms with Crippen LogP contribution in [0, 0.1) is 0 Å². The van der Waals surface area contributed by atoms with Gasteiger partial charge in [0.25, 0.3) is 5.95 Å². The molecule has 0 amide bonds. The molecular weight excluding hydrogens is 425 g/mol. The molecule has 126 valence electrons. The summed E-state index contributed by atoms with van der Waals surface area (Å²) in [6.07, 6.45) is 0. The highest BCUT2D eigenvalue weighted by Gasteiger charge is 2.04. The van der Waals surface area contributed by atoms with Crippen LogP contribution >= 0.6 is 39.1 Å². The van der Waals surface area contributed by atoms with Gasteiger partial charge in [-0.2, -0.15) is 15.1 Å². The van der Waals surface area contributed by atoms with Crippen LogP contribution in [0.1, 0.15) is 5.56 Å². The van der Waals surface area contributed by atoms with E-state index in [0.717, 1.165) is 15.7 Å². The summed E-state index contributed by atoms with van der Waals surface area (Å²) in [5.41, 5.74) is 1.82. The minimum absolute atomic E-state index is 0.187. The predicted octanol–water partition coefficient (Wildman–Crippen LogP) is 6.57. The van der Waals surface area contributed by atoms with Crippen molar-refractivity contribution in [3.63, 3.8) is 0 Å². The molecule has 0 atom stereocenters. The fourth-order valence-corrected chi connectivity index (χ4v) is 2.84. The van der Waals surface area contributed by atoms with E-state index in [1.807, 2.05) is 48.5 Å². The average Bonchev–Trinajstić information content (AvgIpc) is 2.54. The Morgan fingerprint density at radius 2 is 1.84 bits per heavy atom. The number of halogens is 3. The highest BCUT2D eigenvalue weighted by atomic mass is 79.9. The number of aromatic nitrogens is 2. The molecule has 5 nitrogen and oxygen atoms in total. The summed E-state index contributed by atoms with van der Waals surface area (Å²) in [7, 11) is 0. The maximum atomic E-state index is 6.04.